The Morgan fingerprint density at radius 2 is 1.71 bits per heavy atom. The molecule has 0 bridgehead atoms. The van der Waals surface area contributed by atoms with Crippen molar-refractivity contribution in [3.63, 3.8) is 0 Å². The largest absolute Gasteiger partial charge is 0.416 e. The molecule has 0 saturated heterocycles. The fourth-order valence-corrected chi connectivity index (χ4v) is 2.91. The van der Waals surface area contributed by atoms with Gasteiger partial charge in [0.25, 0.3) is 0 Å². The lowest BCUT2D eigenvalue weighted by molar-refractivity contribution is -0.137. The highest BCUT2D eigenvalue weighted by molar-refractivity contribution is 6.42. The molecule has 0 aliphatic carbocycles. The molecule has 0 atom stereocenters. The Morgan fingerprint density at radius 3 is 2.39 bits per heavy atom. The van der Waals surface area contributed by atoms with E-state index >= 15 is 0 Å². The van der Waals surface area contributed by atoms with Crippen LogP contribution in [0.5, 0.6) is 0 Å². The van der Waals surface area contributed by atoms with E-state index in [1.54, 1.807) is 24.3 Å². The zero-order chi connectivity index (χ0) is 20.5. The first-order valence-corrected chi connectivity index (χ1v) is 8.76. The number of alkyl halides is 3. The molecule has 0 N–H and O–H groups in total. The molecule has 0 aliphatic rings. The van der Waals surface area contributed by atoms with Gasteiger partial charge in [-0.25, -0.2) is 14.4 Å². The van der Waals surface area contributed by atoms with E-state index in [1.807, 2.05) is 0 Å². The number of halogens is 6. The zero-order valence-corrected chi connectivity index (χ0v) is 15.9. The predicted octanol–water partition coefficient (Wildman–Crippen LogP) is 6.30. The Labute approximate surface area is 168 Å². The SMILES string of the molecule is CN(c1cc(Cc2ccc(Cl)c(Cl)c2)ncn1)c1cc(C(F)(F)F)ccc1F. The quantitative estimate of drug-likeness (QED) is 0.455. The van der Waals surface area contributed by atoms with Gasteiger partial charge in [0.05, 0.1) is 27.0 Å². The molecule has 0 unspecified atom stereocenters. The highest BCUT2D eigenvalue weighted by Crippen LogP contribution is 2.34. The van der Waals surface area contributed by atoms with Crippen LogP contribution in [0.3, 0.4) is 0 Å². The number of nitrogens with zero attached hydrogens (tertiary/aromatic N) is 3. The van der Waals surface area contributed by atoms with Gasteiger partial charge in [-0.1, -0.05) is 29.3 Å². The topological polar surface area (TPSA) is 29.0 Å². The minimum absolute atomic E-state index is 0.242. The first-order chi connectivity index (χ1) is 13.1. The summed E-state index contributed by atoms with van der Waals surface area (Å²) in [5.74, 6) is -0.538. The van der Waals surface area contributed by atoms with E-state index in [4.69, 9.17) is 23.2 Å². The normalized spacial score (nSPS) is 11.5. The van der Waals surface area contributed by atoms with Crippen molar-refractivity contribution in [1.29, 1.82) is 0 Å². The summed E-state index contributed by atoms with van der Waals surface area (Å²) in [5.41, 5.74) is 0.240. The second-order valence-corrected chi connectivity index (χ2v) is 6.83. The van der Waals surface area contributed by atoms with Gasteiger partial charge in [-0.2, -0.15) is 13.2 Å². The van der Waals surface area contributed by atoms with Crippen LogP contribution in [0.1, 0.15) is 16.8 Å². The molecule has 0 amide bonds. The van der Waals surface area contributed by atoms with E-state index in [2.05, 4.69) is 9.97 Å². The maximum absolute atomic E-state index is 14.1. The third-order valence-electron chi connectivity index (χ3n) is 4.06. The molecule has 1 heterocycles. The molecule has 2 aromatic carbocycles. The van der Waals surface area contributed by atoms with Crippen molar-refractivity contribution in [2.24, 2.45) is 0 Å². The number of anilines is 2. The van der Waals surface area contributed by atoms with Crippen molar-refractivity contribution < 1.29 is 17.6 Å². The first kappa shape index (κ1) is 20.4. The summed E-state index contributed by atoms with van der Waals surface area (Å²) >= 11 is 11.9. The van der Waals surface area contributed by atoms with E-state index in [0.717, 1.165) is 17.7 Å². The molecule has 0 saturated carbocycles. The van der Waals surface area contributed by atoms with Crippen LogP contribution in [0.4, 0.5) is 29.1 Å². The van der Waals surface area contributed by atoms with Crippen LogP contribution >= 0.6 is 23.2 Å². The van der Waals surface area contributed by atoms with Crippen LogP contribution in [0.25, 0.3) is 0 Å². The Hall–Kier alpha value is -2.38. The zero-order valence-electron chi connectivity index (χ0n) is 14.4. The summed E-state index contributed by atoms with van der Waals surface area (Å²) in [5, 5.41) is 0.824. The van der Waals surface area contributed by atoms with Gasteiger partial charge in [0.2, 0.25) is 0 Å². The molecule has 0 fully saturated rings. The molecule has 3 rings (SSSR count). The third kappa shape index (κ3) is 4.54. The summed E-state index contributed by atoms with van der Waals surface area (Å²) < 4.78 is 53.0. The molecule has 28 heavy (non-hydrogen) atoms. The first-order valence-electron chi connectivity index (χ1n) is 8.00. The van der Waals surface area contributed by atoms with E-state index in [9.17, 15) is 17.6 Å². The predicted molar refractivity (Wildman–Crippen MR) is 101 cm³/mol. The Kier molecular flexibility index (Phi) is 5.76. The van der Waals surface area contributed by atoms with Crippen molar-refractivity contribution in [3.05, 3.63) is 81.5 Å². The number of hydrogen-bond acceptors (Lipinski definition) is 3. The average Bonchev–Trinajstić information content (AvgIpc) is 2.64. The smallest absolute Gasteiger partial charge is 0.327 e. The average molecular weight is 430 g/mol. The number of aromatic nitrogens is 2. The van der Waals surface area contributed by atoms with Gasteiger partial charge < -0.3 is 4.90 Å². The van der Waals surface area contributed by atoms with Gasteiger partial charge in [-0.05, 0) is 35.9 Å². The van der Waals surface area contributed by atoms with Gasteiger partial charge in [0.1, 0.15) is 18.0 Å². The molecular formula is C19H13Cl2F4N3. The van der Waals surface area contributed by atoms with Crippen molar-refractivity contribution in [1.82, 2.24) is 9.97 Å². The molecule has 146 valence electrons. The van der Waals surface area contributed by atoms with Gasteiger partial charge >= 0.3 is 6.18 Å². The summed E-state index contributed by atoms with van der Waals surface area (Å²) in [7, 11) is 1.43. The lowest BCUT2D eigenvalue weighted by Gasteiger charge is -2.20. The molecule has 0 spiro atoms. The Bertz CT molecular complexity index is 1010. The van der Waals surface area contributed by atoms with Crippen LogP contribution in [-0.2, 0) is 12.6 Å². The molecule has 1 aromatic heterocycles. The van der Waals surface area contributed by atoms with Gasteiger partial charge in [-0.3, -0.25) is 0 Å². The maximum atomic E-state index is 14.1. The monoisotopic (exact) mass is 429 g/mol. The Morgan fingerprint density at radius 1 is 0.964 bits per heavy atom. The second kappa shape index (κ2) is 7.93. The van der Waals surface area contributed by atoms with E-state index in [-0.39, 0.29) is 11.5 Å². The van der Waals surface area contributed by atoms with Crippen LogP contribution < -0.4 is 4.90 Å². The second-order valence-electron chi connectivity index (χ2n) is 6.02. The van der Waals surface area contributed by atoms with Gasteiger partial charge in [0, 0.05) is 19.5 Å². The van der Waals surface area contributed by atoms with Crippen LogP contribution in [-0.4, -0.2) is 17.0 Å². The van der Waals surface area contributed by atoms with E-state index in [1.165, 1.54) is 18.3 Å². The minimum atomic E-state index is -4.58. The molecule has 9 heteroatoms. The molecule has 3 aromatic rings. The van der Waals surface area contributed by atoms with Gasteiger partial charge in [0.15, 0.2) is 0 Å². The van der Waals surface area contributed by atoms with E-state index in [0.29, 0.717) is 28.2 Å². The highest BCUT2D eigenvalue weighted by atomic mass is 35.5. The molecule has 0 aliphatic heterocycles. The lowest BCUT2D eigenvalue weighted by Crippen LogP contribution is -2.15. The van der Waals surface area contributed by atoms with Gasteiger partial charge in [-0.15, -0.1) is 0 Å². The van der Waals surface area contributed by atoms with Crippen molar-refractivity contribution in [2.45, 2.75) is 12.6 Å². The number of rotatable bonds is 4. The summed E-state index contributed by atoms with van der Waals surface area (Å²) in [4.78, 5) is 9.44. The minimum Gasteiger partial charge on any atom is -0.327 e. The number of benzene rings is 2. The Balaban J connectivity index is 1.90. The fraction of sp³-hybridized carbons (Fsp3) is 0.158. The third-order valence-corrected chi connectivity index (χ3v) is 4.80. The van der Waals surface area contributed by atoms with Crippen molar-refractivity contribution in [3.8, 4) is 0 Å². The van der Waals surface area contributed by atoms with E-state index < -0.39 is 17.6 Å². The van der Waals surface area contributed by atoms with Crippen molar-refractivity contribution in [2.75, 3.05) is 11.9 Å². The van der Waals surface area contributed by atoms with Crippen LogP contribution in [0.2, 0.25) is 10.0 Å². The standard InChI is InChI=1S/C19H13Cl2F4N3/c1-28(17-8-12(19(23,24)25)3-5-16(17)22)18-9-13(26-10-27-18)6-11-2-4-14(20)15(21)7-11/h2-5,7-10H,6H2,1H3. The van der Waals surface area contributed by atoms with Crippen molar-refractivity contribution >= 4 is 34.7 Å². The summed E-state index contributed by atoms with van der Waals surface area (Å²) in [6, 6.07) is 8.94. The lowest BCUT2D eigenvalue weighted by atomic mass is 10.1. The van der Waals surface area contributed by atoms with Crippen LogP contribution in [0, 0.1) is 5.82 Å². The maximum Gasteiger partial charge on any atom is 0.416 e. The summed E-state index contributed by atoms with van der Waals surface area (Å²) in [6.07, 6.45) is -2.91. The molecule has 0 radical (unpaired) electrons. The van der Waals surface area contributed by atoms with Crippen LogP contribution in [0.15, 0.2) is 48.8 Å². The number of hydrogen-bond donors (Lipinski definition) is 0. The fourth-order valence-electron chi connectivity index (χ4n) is 2.59. The molecular weight excluding hydrogens is 417 g/mol. The summed E-state index contributed by atoms with van der Waals surface area (Å²) in [6.45, 7) is 0. The highest BCUT2D eigenvalue weighted by Gasteiger charge is 2.31. The molecule has 3 nitrogen and oxygen atoms in total.